The van der Waals surface area contributed by atoms with Gasteiger partial charge in [-0.2, -0.15) is 15.0 Å². The molecule has 0 fully saturated rings. The summed E-state index contributed by atoms with van der Waals surface area (Å²) in [5.74, 6) is 0.464. The maximum absolute atomic E-state index is 5.90. The molecule has 0 bridgehead atoms. The lowest BCUT2D eigenvalue weighted by Crippen LogP contribution is -2.20. The van der Waals surface area contributed by atoms with Gasteiger partial charge >= 0.3 is 6.01 Å². The lowest BCUT2D eigenvalue weighted by molar-refractivity contribution is 0.221. The number of ether oxygens (including phenoxy) is 1. The third-order valence-corrected chi connectivity index (χ3v) is 3.32. The van der Waals surface area contributed by atoms with Crippen LogP contribution in [-0.4, -0.2) is 33.1 Å². The Hall–Kier alpha value is -1.47. The van der Waals surface area contributed by atoms with Gasteiger partial charge in [-0.25, -0.2) is 4.98 Å². The average molecular weight is 314 g/mol. The molecule has 0 spiro atoms. The van der Waals surface area contributed by atoms with Crippen molar-refractivity contribution in [2.75, 3.05) is 11.9 Å². The molecule has 0 saturated carbocycles. The zero-order valence-corrected chi connectivity index (χ0v) is 13.4. The van der Waals surface area contributed by atoms with Crippen LogP contribution in [0.25, 0.3) is 0 Å². The molecule has 0 N–H and O–H groups in total. The molecule has 6 nitrogen and oxygen atoms in total. The second-order valence-electron chi connectivity index (χ2n) is 4.57. The highest BCUT2D eigenvalue weighted by molar-refractivity contribution is 7.09. The Labute approximate surface area is 126 Å². The molecule has 0 amide bonds. The average Bonchev–Trinajstić information content (AvgIpc) is 2.73. The van der Waals surface area contributed by atoms with Crippen LogP contribution < -0.4 is 9.64 Å². The predicted molar refractivity (Wildman–Crippen MR) is 79.6 cm³/mol. The van der Waals surface area contributed by atoms with Gasteiger partial charge < -0.3 is 9.64 Å². The maximum Gasteiger partial charge on any atom is 0.322 e. The first-order valence-electron chi connectivity index (χ1n) is 6.14. The van der Waals surface area contributed by atoms with Crippen molar-refractivity contribution < 1.29 is 4.74 Å². The molecule has 0 radical (unpaired) electrons. The number of thiazole rings is 1. The molecule has 108 valence electrons. The Bertz CT molecular complexity index is 589. The first-order chi connectivity index (χ1) is 9.44. The highest BCUT2D eigenvalue weighted by atomic mass is 35.5. The van der Waals surface area contributed by atoms with Crippen molar-refractivity contribution in [1.82, 2.24) is 19.9 Å². The van der Waals surface area contributed by atoms with Crippen LogP contribution >= 0.6 is 22.9 Å². The summed E-state index contributed by atoms with van der Waals surface area (Å²) >= 11 is 7.52. The Morgan fingerprint density at radius 1 is 1.30 bits per heavy atom. The Morgan fingerprint density at radius 2 is 2.05 bits per heavy atom. The zero-order chi connectivity index (χ0) is 14.7. The van der Waals surface area contributed by atoms with Crippen LogP contribution in [0.1, 0.15) is 24.5 Å². The normalized spacial score (nSPS) is 10.9. The van der Waals surface area contributed by atoms with Gasteiger partial charge in [-0.15, -0.1) is 11.3 Å². The lowest BCUT2D eigenvalue weighted by atomic mass is 10.4. The van der Waals surface area contributed by atoms with Crippen LogP contribution in [0.4, 0.5) is 5.95 Å². The molecule has 8 heteroatoms. The van der Waals surface area contributed by atoms with E-state index in [1.807, 2.05) is 38.1 Å². The fourth-order valence-electron chi connectivity index (χ4n) is 1.55. The minimum absolute atomic E-state index is 0.0205. The number of hydrogen-bond donors (Lipinski definition) is 0. The molecule has 0 aliphatic heterocycles. The Morgan fingerprint density at radius 3 is 2.65 bits per heavy atom. The van der Waals surface area contributed by atoms with Gasteiger partial charge in [0.05, 0.1) is 23.4 Å². The number of halogens is 1. The monoisotopic (exact) mass is 313 g/mol. The van der Waals surface area contributed by atoms with Gasteiger partial charge in [-0.1, -0.05) is 0 Å². The number of rotatable bonds is 5. The SMILES string of the molecule is Cc1nc(CN(C)c2nc(Cl)nc(OC(C)C)n2)cs1. The van der Waals surface area contributed by atoms with E-state index in [-0.39, 0.29) is 17.4 Å². The summed E-state index contributed by atoms with van der Waals surface area (Å²) in [5, 5.41) is 3.16. The van der Waals surface area contributed by atoms with E-state index in [9.17, 15) is 0 Å². The van der Waals surface area contributed by atoms with Gasteiger partial charge in [-0.3, -0.25) is 0 Å². The number of aromatic nitrogens is 4. The largest absolute Gasteiger partial charge is 0.461 e. The summed E-state index contributed by atoms with van der Waals surface area (Å²) in [6, 6.07) is 0.233. The standard InChI is InChI=1S/C12H16ClN5OS/c1-7(2)19-12-16-10(13)15-11(17-12)18(4)5-9-6-20-8(3)14-9/h6-7H,5H2,1-4H3. The van der Waals surface area contributed by atoms with Crippen LogP contribution in [0.5, 0.6) is 6.01 Å². The van der Waals surface area contributed by atoms with E-state index < -0.39 is 0 Å². The number of anilines is 1. The third-order valence-electron chi connectivity index (χ3n) is 2.32. The molecular weight excluding hydrogens is 298 g/mol. The summed E-state index contributed by atoms with van der Waals surface area (Å²) in [7, 11) is 1.87. The van der Waals surface area contributed by atoms with Gasteiger partial charge in [0.15, 0.2) is 0 Å². The molecule has 0 atom stereocenters. The summed E-state index contributed by atoms with van der Waals surface area (Å²) in [5.41, 5.74) is 0.970. The summed E-state index contributed by atoms with van der Waals surface area (Å²) in [6.45, 7) is 6.38. The van der Waals surface area contributed by atoms with E-state index in [1.54, 1.807) is 11.3 Å². The molecule has 2 heterocycles. The van der Waals surface area contributed by atoms with E-state index >= 15 is 0 Å². The van der Waals surface area contributed by atoms with E-state index in [0.29, 0.717) is 12.5 Å². The summed E-state index contributed by atoms with van der Waals surface area (Å²) < 4.78 is 5.45. The first-order valence-corrected chi connectivity index (χ1v) is 7.40. The maximum atomic E-state index is 5.90. The molecule has 2 rings (SSSR count). The number of nitrogens with zero attached hydrogens (tertiary/aromatic N) is 5. The van der Waals surface area contributed by atoms with Crippen molar-refractivity contribution in [2.24, 2.45) is 0 Å². The number of hydrogen-bond acceptors (Lipinski definition) is 7. The molecule has 2 aromatic heterocycles. The van der Waals surface area contributed by atoms with Gasteiger partial charge in [-0.05, 0) is 32.4 Å². The number of aryl methyl sites for hydroxylation is 1. The molecule has 0 saturated heterocycles. The first kappa shape index (κ1) is 14.9. The third kappa shape index (κ3) is 4.01. The van der Waals surface area contributed by atoms with Gasteiger partial charge in [0, 0.05) is 12.4 Å². The smallest absolute Gasteiger partial charge is 0.322 e. The minimum atomic E-state index is -0.0205. The highest BCUT2D eigenvalue weighted by Gasteiger charge is 2.12. The quantitative estimate of drug-likeness (QED) is 0.845. The fourth-order valence-corrected chi connectivity index (χ4v) is 2.30. The molecule has 0 aliphatic carbocycles. The molecule has 2 aromatic rings. The zero-order valence-electron chi connectivity index (χ0n) is 11.8. The summed E-state index contributed by atoms with van der Waals surface area (Å²) in [4.78, 5) is 18.6. The Balaban J connectivity index is 2.16. The second-order valence-corrected chi connectivity index (χ2v) is 5.97. The lowest BCUT2D eigenvalue weighted by Gasteiger charge is -2.16. The van der Waals surface area contributed by atoms with Gasteiger partial charge in [0.2, 0.25) is 11.2 Å². The van der Waals surface area contributed by atoms with Crippen molar-refractivity contribution in [1.29, 1.82) is 0 Å². The Kier molecular flexibility index (Phi) is 4.72. The minimum Gasteiger partial charge on any atom is -0.461 e. The van der Waals surface area contributed by atoms with Crippen molar-refractivity contribution in [3.63, 3.8) is 0 Å². The topological polar surface area (TPSA) is 64.0 Å². The highest BCUT2D eigenvalue weighted by Crippen LogP contribution is 2.17. The second kappa shape index (κ2) is 6.32. The molecule has 20 heavy (non-hydrogen) atoms. The van der Waals surface area contributed by atoms with Crippen molar-refractivity contribution in [2.45, 2.75) is 33.4 Å². The van der Waals surface area contributed by atoms with Crippen LogP contribution in [0.2, 0.25) is 5.28 Å². The van der Waals surface area contributed by atoms with E-state index in [0.717, 1.165) is 10.7 Å². The van der Waals surface area contributed by atoms with Crippen LogP contribution in [0.15, 0.2) is 5.38 Å². The van der Waals surface area contributed by atoms with Gasteiger partial charge in [0.1, 0.15) is 0 Å². The predicted octanol–water partition coefficient (Wildman–Crippen LogP) is 2.71. The fraction of sp³-hybridized carbons (Fsp3) is 0.500. The molecule has 0 aromatic carbocycles. The van der Waals surface area contributed by atoms with Crippen LogP contribution in [0, 0.1) is 6.92 Å². The van der Waals surface area contributed by atoms with Crippen LogP contribution in [0.3, 0.4) is 0 Å². The van der Waals surface area contributed by atoms with Crippen molar-refractivity contribution in [3.05, 3.63) is 21.4 Å². The van der Waals surface area contributed by atoms with Crippen molar-refractivity contribution in [3.8, 4) is 6.01 Å². The van der Waals surface area contributed by atoms with Gasteiger partial charge in [0.25, 0.3) is 0 Å². The molecule has 0 aliphatic rings. The van der Waals surface area contributed by atoms with E-state index in [1.165, 1.54) is 0 Å². The van der Waals surface area contributed by atoms with E-state index in [2.05, 4.69) is 19.9 Å². The van der Waals surface area contributed by atoms with E-state index in [4.69, 9.17) is 16.3 Å². The molecular formula is C12H16ClN5OS. The molecule has 0 unspecified atom stereocenters. The summed E-state index contributed by atoms with van der Waals surface area (Å²) in [6.07, 6.45) is -0.0205. The van der Waals surface area contributed by atoms with Crippen LogP contribution in [-0.2, 0) is 6.54 Å². The van der Waals surface area contributed by atoms with Crippen molar-refractivity contribution >= 4 is 28.9 Å².